The third-order valence-electron chi connectivity index (χ3n) is 2.82. The maximum absolute atomic E-state index is 11.6. The third-order valence-corrected chi connectivity index (χ3v) is 4.64. The van der Waals surface area contributed by atoms with E-state index in [1.54, 1.807) is 0 Å². The Balaban J connectivity index is 2.68. The van der Waals surface area contributed by atoms with Gasteiger partial charge in [-0.2, -0.15) is 0 Å². The second-order valence-corrected chi connectivity index (χ2v) is 7.13. The average molecular weight is 285 g/mol. The van der Waals surface area contributed by atoms with Crippen molar-refractivity contribution in [2.24, 2.45) is 5.73 Å². The van der Waals surface area contributed by atoms with Crippen LogP contribution in [-0.4, -0.2) is 26.5 Å². The van der Waals surface area contributed by atoms with Gasteiger partial charge < -0.3 is 10.5 Å². The molecule has 0 aliphatic rings. The lowest BCUT2D eigenvalue weighted by Gasteiger charge is -2.14. The van der Waals surface area contributed by atoms with Crippen molar-refractivity contribution >= 4 is 9.84 Å². The van der Waals surface area contributed by atoms with Crippen LogP contribution in [0.3, 0.4) is 0 Å². The predicted molar refractivity (Wildman–Crippen MR) is 78.2 cm³/mol. The molecule has 1 aromatic rings. The lowest BCUT2D eigenvalue weighted by Crippen LogP contribution is -2.17. The molecule has 4 nitrogen and oxygen atoms in total. The smallest absolute Gasteiger partial charge is 0.153 e. The van der Waals surface area contributed by atoms with E-state index in [0.717, 1.165) is 11.1 Å². The van der Waals surface area contributed by atoms with Gasteiger partial charge in [-0.25, -0.2) is 8.42 Å². The molecule has 0 spiro atoms. The minimum Gasteiger partial charge on any atom is -0.492 e. The predicted octanol–water partition coefficient (Wildman–Crippen LogP) is 2.22. The van der Waals surface area contributed by atoms with Crippen LogP contribution in [0.5, 0.6) is 5.75 Å². The molecule has 1 aromatic carbocycles. The Morgan fingerprint density at radius 1 is 1.32 bits per heavy atom. The molecule has 0 unspecified atom stereocenters. The second-order valence-electron chi connectivity index (χ2n) is 4.83. The van der Waals surface area contributed by atoms with Crippen LogP contribution in [0.2, 0.25) is 0 Å². The molecule has 108 valence electrons. The van der Waals surface area contributed by atoms with Gasteiger partial charge in [0, 0.05) is 11.6 Å². The summed E-state index contributed by atoms with van der Waals surface area (Å²) in [6, 6.07) is 5.62. The molecule has 0 bridgehead atoms. The molecule has 0 aromatic heterocycles. The second kappa shape index (κ2) is 6.91. The van der Waals surface area contributed by atoms with Gasteiger partial charge in [-0.15, -0.1) is 0 Å². The summed E-state index contributed by atoms with van der Waals surface area (Å²) in [5.41, 5.74) is 7.91. The van der Waals surface area contributed by atoms with Gasteiger partial charge >= 0.3 is 0 Å². The van der Waals surface area contributed by atoms with Crippen LogP contribution in [0, 0.1) is 6.92 Å². The Labute approximate surface area is 115 Å². The zero-order chi connectivity index (χ0) is 14.5. The number of aryl methyl sites for hydroxylation is 1. The van der Waals surface area contributed by atoms with E-state index in [1.165, 1.54) is 0 Å². The monoisotopic (exact) mass is 285 g/mol. The maximum atomic E-state index is 11.6. The first-order valence-corrected chi connectivity index (χ1v) is 8.37. The highest BCUT2D eigenvalue weighted by Crippen LogP contribution is 2.25. The first kappa shape index (κ1) is 16.0. The van der Waals surface area contributed by atoms with E-state index in [9.17, 15) is 8.42 Å². The molecular weight excluding hydrogens is 262 g/mol. The SMILES string of the molecule is CCCS(=O)(=O)CCOc1ccc(C)cc1[C@@H](C)N. The molecule has 0 radical (unpaired) electrons. The van der Waals surface area contributed by atoms with Crippen LogP contribution >= 0.6 is 0 Å². The van der Waals surface area contributed by atoms with Gasteiger partial charge in [0.05, 0.1) is 11.5 Å². The van der Waals surface area contributed by atoms with Crippen LogP contribution in [0.1, 0.15) is 37.4 Å². The van der Waals surface area contributed by atoms with Gasteiger partial charge in [-0.3, -0.25) is 0 Å². The van der Waals surface area contributed by atoms with Crippen molar-refractivity contribution in [3.8, 4) is 5.75 Å². The molecule has 0 saturated heterocycles. The van der Waals surface area contributed by atoms with Crippen molar-refractivity contribution in [2.75, 3.05) is 18.1 Å². The quantitative estimate of drug-likeness (QED) is 0.834. The van der Waals surface area contributed by atoms with Crippen LogP contribution in [0.25, 0.3) is 0 Å². The van der Waals surface area contributed by atoms with E-state index in [2.05, 4.69) is 0 Å². The molecular formula is C14H23NO3S. The van der Waals surface area contributed by atoms with Crippen LogP contribution in [-0.2, 0) is 9.84 Å². The van der Waals surface area contributed by atoms with Gasteiger partial charge in [0.25, 0.3) is 0 Å². The van der Waals surface area contributed by atoms with Gasteiger partial charge in [-0.1, -0.05) is 24.6 Å². The lowest BCUT2D eigenvalue weighted by atomic mass is 10.1. The molecule has 0 aliphatic heterocycles. The van der Waals surface area contributed by atoms with Crippen molar-refractivity contribution < 1.29 is 13.2 Å². The highest BCUT2D eigenvalue weighted by atomic mass is 32.2. The minimum atomic E-state index is -3.00. The molecule has 0 saturated carbocycles. The van der Waals surface area contributed by atoms with Crippen molar-refractivity contribution in [3.05, 3.63) is 29.3 Å². The number of rotatable bonds is 7. The fourth-order valence-electron chi connectivity index (χ4n) is 1.85. The van der Waals surface area contributed by atoms with Gasteiger partial charge in [0.1, 0.15) is 12.4 Å². The zero-order valence-electron chi connectivity index (χ0n) is 11.8. The van der Waals surface area contributed by atoms with E-state index in [0.29, 0.717) is 12.2 Å². The van der Waals surface area contributed by atoms with E-state index >= 15 is 0 Å². The van der Waals surface area contributed by atoms with Crippen LogP contribution < -0.4 is 10.5 Å². The molecule has 0 heterocycles. The number of benzene rings is 1. The molecule has 0 aliphatic carbocycles. The maximum Gasteiger partial charge on any atom is 0.153 e. The minimum absolute atomic E-state index is 0.0487. The number of sulfone groups is 1. The van der Waals surface area contributed by atoms with Crippen LogP contribution in [0.4, 0.5) is 0 Å². The summed E-state index contributed by atoms with van der Waals surface area (Å²) in [5.74, 6) is 0.935. The largest absolute Gasteiger partial charge is 0.492 e. The molecule has 5 heteroatoms. The fraction of sp³-hybridized carbons (Fsp3) is 0.571. The fourth-order valence-corrected chi connectivity index (χ4v) is 3.01. The Morgan fingerprint density at radius 3 is 2.58 bits per heavy atom. The van der Waals surface area contributed by atoms with E-state index < -0.39 is 9.84 Å². The third kappa shape index (κ3) is 5.20. The Bertz CT molecular complexity index is 509. The van der Waals surface area contributed by atoms with Crippen molar-refractivity contribution in [3.63, 3.8) is 0 Å². The summed E-state index contributed by atoms with van der Waals surface area (Å²) in [4.78, 5) is 0. The molecule has 2 N–H and O–H groups in total. The van der Waals surface area contributed by atoms with E-state index in [-0.39, 0.29) is 24.2 Å². The van der Waals surface area contributed by atoms with Crippen LogP contribution in [0.15, 0.2) is 18.2 Å². The summed E-state index contributed by atoms with van der Waals surface area (Å²) >= 11 is 0. The first-order chi connectivity index (χ1) is 8.85. The van der Waals surface area contributed by atoms with E-state index in [4.69, 9.17) is 10.5 Å². The highest BCUT2D eigenvalue weighted by Gasteiger charge is 2.12. The molecule has 19 heavy (non-hydrogen) atoms. The van der Waals surface area contributed by atoms with Gasteiger partial charge in [0.2, 0.25) is 0 Å². The highest BCUT2D eigenvalue weighted by molar-refractivity contribution is 7.91. The van der Waals surface area contributed by atoms with Gasteiger partial charge in [0.15, 0.2) is 9.84 Å². The average Bonchev–Trinajstić information content (AvgIpc) is 2.30. The van der Waals surface area contributed by atoms with Crippen molar-refractivity contribution in [1.82, 2.24) is 0 Å². The summed E-state index contributed by atoms with van der Waals surface area (Å²) in [7, 11) is -3.00. The standard InChI is InChI=1S/C14H23NO3S/c1-4-8-19(16,17)9-7-18-14-6-5-11(2)10-13(14)12(3)15/h5-6,10,12H,4,7-9,15H2,1-3H3/t12-/m1/s1. The number of hydrogen-bond donors (Lipinski definition) is 1. The zero-order valence-corrected chi connectivity index (χ0v) is 12.7. The normalized spacial score (nSPS) is 13.3. The number of ether oxygens (including phenoxy) is 1. The summed E-state index contributed by atoms with van der Waals surface area (Å²) < 4.78 is 28.8. The Kier molecular flexibility index (Phi) is 5.82. The summed E-state index contributed by atoms with van der Waals surface area (Å²) in [6.07, 6.45) is 0.637. The molecule has 0 amide bonds. The summed E-state index contributed by atoms with van der Waals surface area (Å²) in [5, 5.41) is 0. The number of hydrogen-bond acceptors (Lipinski definition) is 4. The van der Waals surface area contributed by atoms with Crippen molar-refractivity contribution in [1.29, 1.82) is 0 Å². The molecule has 1 rings (SSSR count). The first-order valence-electron chi connectivity index (χ1n) is 6.55. The van der Waals surface area contributed by atoms with Crippen molar-refractivity contribution in [2.45, 2.75) is 33.2 Å². The van der Waals surface area contributed by atoms with E-state index in [1.807, 2.05) is 39.0 Å². The Hall–Kier alpha value is -1.07. The summed E-state index contributed by atoms with van der Waals surface area (Å²) in [6.45, 7) is 5.90. The molecule has 1 atom stereocenters. The van der Waals surface area contributed by atoms with Gasteiger partial charge in [-0.05, 0) is 26.3 Å². The lowest BCUT2D eigenvalue weighted by molar-refractivity contribution is 0.335. The molecule has 0 fully saturated rings. The number of nitrogens with two attached hydrogens (primary N) is 1. The topological polar surface area (TPSA) is 69.4 Å². The Morgan fingerprint density at radius 2 is 2.00 bits per heavy atom.